The summed E-state index contributed by atoms with van der Waals surface area (Å²) in [5.41, 5.74) is 0. The third-order valence-electron chi connectivity index (χ3n) is 4.51. The Kier molecular flexibility index (Phi) is 7.89. The van der Waals surface area contributed by atoms with Gasteiger partial charge in [-0.25, -0.2) is 0 Å². The summed E-state index contributed by atoms with van der Waals surface area (Å²) < 4.78 is 5.10. The fourth-order valence-corrected chi connectivity index (χ4v) is 3.26. The number of hydrogen-bond acceptors (Lipinski definition) is 2. The van der Waals surface area contributed by atoms with Crippen molar-refractivity contribution in [2.75, 3.05) is 0 Å². The van der Waals surface area contributed by atoms with Crippen LogP contribution in [0.5, 0.6) is 0 Å². The summed E-state index contributed by atoms with van der Waals surface area (Å²) in [5.74, 6) is 1.81. The van der Waals surface area contributed by atoms with E-state index in [0.29, 0.717) is 0 Å². The molecular formula is C16H29NO. The zero-order valence-electron chi connectivity index (χ0n) is 12.2. The van der Waals surface area contributed by atoms with E-state index in [1.54, 1.807) is 0 Å². The van der Waals surface area contributed by atoms with Crippen LogP contribution < -0.4 is 0 Å². The predicted molar refractivity (Wildman–Crippen MR) is 75.0 cm³/mol. The van der Waals surface area contributed by atoms with Gasteiger partial charge in [-0.1, -0.05) is 52.4 Å². The van der Waals surface area contributed by atoms with Crippen molar-refractivity contribution in [1.29, 1.82) is 5.26 Å². The van der Waals surface area contributed by atoms with Gasteiger partial charge in [-0.3, -0.25) is 0 Å². The Balaban J connectivity index is 2.24. The topological polar surface area (TPSA) is 33.0 Å². The molecule has 104 valence electrons. The molecule has 0 aromatic carbocycles. The highest BCUT2D eigenvalue weighted by molar-refractivity contribution is 4.73. The highest BCUT2D eigenvalue weighted by Gasteiger charge is 2.20. The third-order valence-corrected chi connectivity index (χ3v) is 4.51. The number of ether oxygens (including phenoxy) is 1. The van der Waals surface area contributed by atoms with Gasteiger partial charge in [-0.2, -0.15) is 5.26 Å². The Hall–Kier alpha value is -0.710. The molecule has 0 radical (unpaired) electrons. The average molecular weight is 251 g/mol. The van der Waals surface area contributed by atoms with E-state index < -0.39 is 0 Å². The van der Waals surface area contributed by atoms with E-state index in [9.17, 15) is 0 Å². The Bertz CT molecular complexity index is 246. The first-order valence-corrected chi connectivity index (χ1v) is 7.84. The number of rotatable bonds is 7. The number of hydrogen-bond donors (Lipinski definition) is 0. The maximum atomic E-state index is 8.57. The Labute approximate surface area is 113 Å². The molecule has 0 N–H and O–H groups in total. The molecular weight excluding hydrogens is 222 g/mol. The molecule has 1 aliphatic rings. The normalized spacial score (nSPS) is 26.1. The van der Waals surface area contributed by atoms with Gasteiger partial charge in [-0.15, -0.1) is 0 Å². The second-order valence-corrected chi connectivity index (χ2v) is 5.85. The fourth-order valence-electron chi connectivity index (χ4n) is 3.26. The first kappa shape index (κ1) is 15.3. The molecule has 1 aliphatic carbocycles. The summed E-state index contributed by atoms with van der Waals surface area (Å²) in [6.45, 7) is 4.61. The molecule has 0 amide bonds. The highest BCUT2D eigenvalue weighted by Crippen LogP contribution is 2.30. The molecule has 0 bridgehead atoms. The standard InChI is InChI=1S/C16H29NO/c1-3-6-14(4-2)9-10-15-7-5-8-16(12-11-15)18-13-17/h14-16H,3-12H2,1-2H3. The van der Waals surface area contributed by atoms with Gasteiger partial charge < -0.3 is 4.74 Å². The molecule has 3 unspecified atom stereocenters. The van der Waals surface area contributed by atoms with Gasteiger partial charge in [0.25, 0.3) is 6.26 Å². The molecule has 2 nitrogen and oxygen atoms in total. The van der Waals surface area contributed by atoms with Crippen molar-refractivity contribution in [3.63, 3.8) is 0 Å². The summed E-state index contributed by atoms with van der Waals surface area (Å²) >= 11 is 0. The molecule has 0 spiro atoms. The quantitative estimate of drug-likeness (QED) is 0.469. The Morgan fingerprint density at radius 1 is 1.17 bits per heavy atom. The molecule has 1 saturated carbocycles. The lowest BCUT2D eigenvalue weighted by molar-refractivity contribution is 0.143. The van der Waals surface area contributed by atoms with Gasteiger partial charge in [0.05, 0.1) is 0 Å². The largest absolute Gasteiger partial charge is 0.424 e. The smallest absolute Gasteiger partial charge is 0.286 e. The average Bonchev–Trinajstić information content (AvgIpc) is 2.60. The Morgan fingerprint density at radius 2 is 2.00 bits per heavy atom. The molecule has 2 heteroatoms. The van der Waals surface area contributed by atoms with Crippen LogP contribution in [0.15, 0.2) is 0 Å². The van der Waals surface area contributed by atoms with Crippen molar-refractivity contribution in [2.45, 2.75) is 84.2 Å². The van der Waals surface area contributed by atoms with Gasteiger partial charge in [0.1, 0.15) is 6.10 Å². The Morgan fingerprint density at radius 3 is 2.67 bits per heavy atom. The SMILES string of the molecule is CCCC(CC)CCC1CCCC(OC#N)CC1. The van der Waals surface area contributed by atoms with Crippen molar-refractivity contribution < 1.29 is 4.74 Å². The van der Waals surface area contributed by atoms with Crippen LogP contribution in [0.1, 0.15) is 78.1 Å². The van der Waals surface area contributed by atoms with Crippen molar-refractivity contribution >= 4 is 0 Å². The summed E-state index contributed by atoms with van der Waals surface area (Å²) in [5, 5.41) is 8.57. The van der Waals surface area contributed by atoms with Crippen LogP contribution in [0.4, 0.5) is 0 Å². The van der Waals surface area contributed by atoms with Crippen molar-refractivity contribution in [1.82, 2.24) is 0 Å². The van der Waals surface area contributed by atoms with E-state index in [-0.39, 0.29) is 6.10 Å². The predicted octanol–water partition coefficient (Wildman–Crippen LogP) is 5.04. The van der Waals surface area contributed by atoms with Crippen molar-refractivity contribution in [3.05, 3.63) is 0 Å². The summed E-state index contributed by atoms with van der Waals surface area (Å²) in [7, 11) is 0. The van der Waals surface area contributed by atoms with Crippen molar-refractivity contribution in [3.8, 4) is 6.26 Å². The summed E-state index contributed by atoms with van der Waals surface area (Å²) in [4.78, 5) is 0. The minimum absolute atomic E-state index is 0.206. The fraction of sp³-hybridized carbons (Fsp3) is 0.938. The second kappa shape index (κ2) is 9.25. The molecule has 1 rings (SSSR count). The molecule has 1 fully saturated rings. The highest BCUT2D eigenvalue weighted by atomic mass is 16.5. The van der Waals surface area contributed by atoms with E-state index in [1.807, 2.05) is 6.26 Å². The number of nitrogens with zero attached hydrogens (tertiary/aromatic N) is 1. The van der Waals surface area contributed by atoms with Gasteiger partial charge in [0.15, 0.2) is 0 Å². The van der Waals surface area contributed by atoms with E-state index in [0.717, 1.165) is 24.7 Å². The van der Waals surface area contributed by atoms with Gasteiger partial charge in [0, 0.05) is 0 Å². The van der Waals surface area contributed by atoms with Crippen LogP contribution in [0.25, 0.3) is 0 Å². The minimum Gasteiger partial charge on any atom is -0.424 e. The summed E-state index contributed by atoms with van der Waals surface area (Å²) in [6.07, 6.45) is 14.9. The maximum Gasteiger partial charge on any atom is 0.286 e. The van der Waals surface area contributed by atoms with Crippen LogP contribution in [0.2, 0.25) is 0 Å². The second-order valence-electron chi connectivity index (χ2n) is 5.85. The van der Waals surface area contributed by atoms with Crippen LogP contribution in [-0.2, 0) is 4.74 Å². The van der Waals surface area contributed by atoms with E-state index >= 15 is 0 Å². The summed E-state index contributed by atoms with van der Waals surface area (Å²) in [6, 6.07) is 0. The van der Waals surface area contributed by atoms with Gasteiger partial charge in [-0.05, 0) is 37.5 Å². The molecule has 0 aliphatic heterocycles. The first-order chi connectivity index (χ1) is 8.80. The van der Waals surface area contributed by atoms with Crippen molar-refractivity contribution in [2.24, 2.45) is 11.8 Å². The maximum absolute atomic E-state index is 8.57. The van der Waals surface area contributed by atoms with E-state index in [4.69, 9.17) is 10.00 Å². The molecule has 0 saturated heterocycles. The third kappa shape index (κ3) is 5.76. The zero-order chi connectivity index (χ0) is 13.2. The molecule has 3 atom stereocenters. The minimum atomic E-state index is 0.206. The first-order valence-electron chi connectivity index (χ1n) is 7.84. The molecule has 0 heterocycles. The lowest BCUT2D eigenvalue weighted by Crippen LogP contribution is -2.08. The zero-order valence-corrected chi connectivity index (χ0v) is 12.2. The number of nitriles is 1. The monoisotopic (exact) mass is 251 g/mol. The van der Waals surface area contributed by atoms with E-state index in [2.05, 4.69) is 13.8 Å². The van der Waals surface area contributed by atoms with Crippen LogP contribution in [0, 0.1) is 23.4 Å². The van der Waals surface area contributed by atoms with Crippen LogP contribution in [-0.4, -0.2) is 6.10 Å². The van der Waals surface area contributed by atoms with Gasteiger partial charge >= 0.3 is 0 Å². The van der Waals surface area contributed by atoms with Crippen LogP contribution in [0.3, 0.4) is 0 Å². The van der Waals surface area contributed by atoms with E-state index in [1.165, 1.54) is 51.4 Å². The van der Waals surface area contributed by atoms with Gasteiger partial charge in [0.2, 0.25) is 0 Å². The molecule has 0 aromatic rings. The lowest BCUT2D eigenvalue weighted by atomic mass is 9.88. The van der Waals surface area contributed by atoms with Crippen LogP contribution >= 0.6 is 0 Å². The molecule has 0 aromatic heterocycles. The molecule has 18 heavy (non-hydrogen) atoms. The lowest BCUT2D eigenvalue weighted by Gasteiger charge is -2.18.